The van der Waals surface area contributed by atoms with Crippen LogP contribution in [0.3, 0.4) is 0 Å². The first-order chi connectivity index (χ1) is 8.45. The van der Waals surface area contributed by atoms with Crippen molar-refractivity contribution in [3.05, 3.63) is 0 Å². The van der Waals surface area contributed by atoms with Gasteiger partial charge in [-0.1, -0.05) is 6.92 Å². The van der Waals surface area contributed by atoms with E-state index >= 15 is 0 Å². The summed E-state index contributed by atoms with van der Waals surface area (Å²) in [4.78, 5) is 12.9. The van der Waals surface area contributed by atoms with Crippen LogP contribution in [0, 0.1) is 5.92 Å². The monoisotopic (exact) mass is 262 g/mol. The van der Waals surface area contributed by atoms with E-state index in [0.717, 1.165) is 4.90 Å². The molecular formula is C10H18FN3O4. The maximum atomic E-state index is 13.9. The molecule has 0 unspecified atom stereocenters. The molecule has 7 nitrogen and oxygen atoms in total. The molecule has 2 amide bonds. The number of ether oxygens (including phenoxy) is 1. The standard InChI is InChI=1S/C10H18FN3O4/c1-4-2-14(10(17)13-8(4)12)9-6(11)7(16)5(3-15)18-9/h4-9,15-16H,2-3,12H2,1H3,(H,13,17)/t4-,5-,6+,7+,8+,9-/m0/s1/i11-1. The molecular weight excluding hydrogens is 244 g/mol. The second-order valence-electron chi connectivity index (χ2n) is 4.79. The lowest BCUT2D eigenvalue weighted by Gasteiger charge is -2.39. The summed E-state index contributed by atoms with van der Waals surface area (Å²) in [6.07, 6.45) is -5.85. The number of amides is 2. The highest BCUT2D eigenvalue weighted by Gasteiger charge is 2.49. The second-order valence-corrected chi connectivity index (χ2v) is 4.79. The summed E-state index contributed by atoms with van der Waals surface area (Å²) in [6, 6.07) is -0.529. The fraction of sp³-hybridized carbons (Fsp3) is 0.900. The Hall–Kier alpha value is -0.960. The van der Waals surface area contributed by atoms with E-state index in [-0.39, 0.29) is 12.5 Å². The van der Waals surface area contributed by atoms with E-state index in [2.05, 4.69) is 5.32 Å². The third kappa shape index (κ3) is 2.16. The molecule has 8 heteroatoms. The number of aliphatic hydroxyl groups excluding tert-OH is 2. The number of nitrogens with two attached hydrogens (primary N) is 1. The first kappa shape index (κ1) is 13.5. The van der Waals surface area contributed by atoms with Gasteiger partial charge in [0.25, 0.3) is 0 Å². The Labute approximate surface area is 104 Å². The third-order valence-corrected chi connectivity index (χ3v) is 3.43. The molecule has 0 radical (unpaired) electrons. The maximum Gasteiger partial charge on any atom is 0.320 e. The minimum atomic E-state index is -1.74. The average molecular weight is 262 g/mol. The summed E-state index contributed by atoms with van der Waals surface area (Å²) >= 11 is 0. The van der Waals surface area contributed by atoms with Gasteiger partial charge in [0.1, 0.15) is 12.2 Å². The van der Waals surface area contributed by atoms with Gasteiger partial charge in [0.05, 0.1) is 12.8 Å². The summed E-state index contributed by atoms with van der Waals surface area (Å²) < 4.78 is 19.0. The molecule has 104 valence electrons. The molecule has 0 bridgehead atoms. The van der Waals surface area contributed by atoms with E-state index in [4.69, 9.17) is 15.6 Å². The van der Waals surface area contributed by atoms with Crippen LogP contribution in [-0.4, -0.2) is 65.1 Å². The number of halogens is 1. The summed E-state index contributed by atoms with van der Waals surface area (Å²) in [6.45, 7) is 1.56. The van der Waals surface area contributed by atoms with Crippen LogP contribution in [0.15, 0.2) is 0 Å². The lowest BCUT2D eigenvalue weighted by Crippen LogP contribution is -2.63. The van der Waals surface area contributed by atoms with Gasteiger partial charge in [-0.05, 0) is 0 Å². The Bertz CT molecular complexity index is 332. The van der Waals surface area contributed by atoms with E-state index in [1.165, 1.54) is 0 Å². The van der Waals surface area contributed by atoms with Gasteiger partial charge in [-0.2, -0.15) is 0 Å². The van der Waals surface area contributed by atoms with Crippen molar-refractivity contribution in [1.29, 1.82) is 0 Å². The number of rotatable bonds is 2. The molecule has 0 spiro atoms. The Morgan fingerprint density at radius 3 is 2.89 bits per heavy atom. The van der Waals surface area contributed by atoms with Crippen molar-refractivity contribution in [2.24, 2.45) is 11.7 Å². The lowest BCUT2D eigenvalue weighted by atomic mass is 10.1. The first-order valence-electron chi connectivity index (χ1n) is 5.87. The molecule has 6 atom stereocenters. The number of alkyl halides is 1. The molecule has 2 fully saturated rings. The molecule has 0 aromatic rings. The third-order valence-electron chi connectivity index (χ3n) is 3.43. The molecule has 0 aromatic heterocycles. The fourth-order valence-electron chi connectivity index (χ4n) is 2.20. The van der Waals surface area contributed by atoms with Crippen LogP contribution in [-0.2, 0) is 4.74 Å². The molecule has 2 rings (SSSR count). The summed E-state index contributed by atoms with van der Waals surface area (Å²) in [5.74, 6) is -0.0659. The number of hydrogen-bond donors (Lipinski definition) is 4. The van der Waals surface area contributed by atoms with Gasteiger partial charge in [-0.25, -0.2) is 9.18 Å². The topological polar surface area (TPSA) is 108 Å². The van der Waals surface area contributed by atoms with Crippen LogP contribution in [0.5, 0.6) is 0 Å². The van der Waals surface area contributed by atoms with Gasteiger partial charge in [-0.15, -0.1) is 0 Å². The number of aliphatic hydroxyl groups is 2. The van der Waals surface area contributed by atoms with E-state index in [1.54, 1.807) is 0 Å². The van der Waals surface area contributed by atoms with Crippen LogP contribution in [0.25, 0.3) is 0 Å². The molecule has 2 saturated heterocycles. The molecule has 18 heavy (non-hydrogen) atoms. The van der Waals surface area contributed by atoms with Gasteiger partial charge >= 0.3 is 6.03 Å². The minimum Gasteiger partial charge on any atom is -0.394 e. The van der Waals surface area contributed by atoms with Crippen LogP contribution < -0.4 is 11.1 Å². The van der Waals surface area contributed by atoms with Gasteiger partial charge in [0, 0.05) is 12.5 Å². The van der Waals surface area contributed by atoms with E-state index < -0.39 is 43.4 Å². The highest BCUT2D eigenvalue weighted by molar-refractivity contribution is 5.75. The Kier molecular flexibility index (Phi) is 3.71. The fourth-order valence-corrected chi connectivity index (χ4v) is 2.20. The Balaban J connectivity index is 2.10. The smallest absolute Gasteiger partial charge is 0.320 e. The van der Waals surface area contributed by atoms with Crippen molar-refractivity contribution in [2.75, 3.05) is 13.2 Å². The molecule has 2 aliphatic heterocycles. The summed E-state index contributed by atoms with van der Waals surface area (Å²) in [5.41, 5.74) is 5.66. The lowest BCUT2D eigenvalue weighted by molar-refractivity contribution is -0.0791. The summed E-state index contributed by atoms with van der Waals surface area (Å²) in [5, 5.41) is 21.0. The number of carbonyl (C=O) groups excluding carboxylic acids is 1. The molecule has 5 N–H and O–H groups in total. The van der Waals surface area contributed by atoms with Crippen LogP contribution in [0.4, 0.5) is 9.18 Å². The van der Waals surface area contributed by atoms with Gasteiger partial charge in [0.2, 0.25) is 0 Å². The normalized spacial score (nSPS) is 45.2. The SMILES string of the molecule is C[C@H]1CN([C@H]2O[C@@H](CO)[C@@H](O)[C@H]2[18F])C(=O)N[C@H]1N. The van der Waals surface area contributed by atoms with Crippen molar-refractivity contribution >= 4 is 6.03 Å². The number of nitrogens with one attached hydrogen (secondary N) is 1. The number of carbonyl (C=O) groups is 1. The zero-order valence-corrected chi connectivity index (χ0v) is 9.99. The second kappa shape index (κ2) is 4.96. The predicted molar refractivity (Wildman–Crippen MR) is 59.0 cm³/mol. The van der Waals surface area contributed by atoms with E-state index in [1.807, 2.05) is 6.92 Å². The number of urea groups is 1. The number of nitrogens with zero attached hydrogens (tertiary/aromatic N) is 1. The Morgan fingerprint density at radius 2 is 2.33 bits per heavy atom. The van der Waals surface area contributed by atoms with Crippen molar-refractivity contribution in [1.82, 2.24) is 10.2 Å². The van der Waals surface area contributed by atoms with Crippen LogP contribution >= 0.6 is 0 Å². The highest BCUT2D eigenvalue weighted by Crippen LogP contribution is 2.28. The quantitative estimate of drug-likeness (QED) is 0.477. The minimum absolute atomic E-state index is 0.0659. The Morgan fingerprint density at radius 1 is 1.67 bits per heavy atom. The van der Waals surface area contributed by atoms with Gasteiger partial charge in [0.15, 0.2) is 12.4 Å². The molecule has 0 aliphatic carbocycles. The first-order valence-corrected chi connectivity index (χ1v) is 5.87. The van der Waals surface area contributed by atoms with Gasteiger partial charge < -0.3 is 26.0 Å². The number of hydrogen-bond acceptors (Lipinski definition) is 5. The average Bonchev–Trinajstić information content (AvgIpc) is 2.61. The molecule has 0 saturated carbocycles. The van der Waals surface area contributed by atoms with Crippen LogP contribution in [0.2, 0.25) is 0 Å². The molecule has 2 heterocycles. The summed E-state index contributed by atoms with van der Waals surface area (Å²) in [7, 11) is 0. The maximum absolute atomic E-state index is 13.9. The molecule has 0 aromatic carbocycles. The zero-order valence-electron chi connectivity index (χ0n) is 9.99. The zero-order chi connectivity index (χ0) is 13.4. The van der Waals surface area contributed by atoms with Crippen LogP contribution in [0.1, 0.15) is 6.92 Å². The predicted octanol–water partition coefficient (Wildman–Crippen LogP) is -1.65. The van der Waals surface area contributed by atoms with E-state index in [9.17, 15) is 14.3 Å². The van der Waals surface area contributed by atoms with Crippen molar-refractivity contribution in [3.8, 4) is 0 Å². The van der Waals surface area contributed by atoms with E-state index in [0.29, 0.717) is 0 Å². The van der Waals surface area contributed by atoms with Crippen molar-refractivity contribution in [3.63, 3.8) is 0 Å². The van der Waals surface area contributed by atoms with Crippen molar-refractivity contribution in [2.45, 2.75) is 37.7 Å². The van der Waals surface area contributed by atoms with Gasteiger partial charge in [-0.3, -0.25) is 4.90 Å². The molecule has 2 aliphatic rings. The largest absolute Gasteiger partial charge is 0.394 e. The highest BCUT2D eigenvalue weighted by atomic mass is 18.2. The van der Waals surface area contributed by atoms with Crippen molar-refractivity contribution < 1.29 is 24.1 Å².